The fraction of sp³-hybridized carbons (Fsp3) is 0.0769. The van der Waals surface area contributed by atoms with Gasteiger partial charge in [-0.05, 0) is 42.0 Å². The van der Waals surface area contributed by atoms with E-state index in [1.165, 1.54) is 24.3 Å². The first-order valence-electron chi connectivity index (χ1n) is 5.41. The standard InChI is InChI=1S/C13H12FN3O/c14-11-3-1-10(2-4-11)13(18)17-12-7-9(8-15)5-6-16-12/h1-7H,8,15H2,(H,16,17,18). The minimum atomic E-state index is -0.380. The number of carbonyl (C=O) groups is 1. The molecule has 0 fully saturated rings. The molecule has 5 heteroatoms. The van der Waals surface area contributed by atoms with Crippen LogP contribution in [0.3, 0.4) is 0 Å². The van der Waals surface area contributed by atoms with Crippen molar-refractivity contribution in [2.45, 2.75) is 6.54 Å². The predicted octanol–water partition coefficient (Wildman–Crippen LogP) is 1.93. The first-order valence-corrected chi connectivity index (χ1v) is 5.41. The van der Waals surface area contributed by atoms with Crippen molar-refractivity contribution in [2.24, 2.45) is 5.73 Å². The van der Waals surface area contributed by atoms with E-state index in [9.17, 15) is 9.18 Å². The van der Waals surface area contributed by atoms with Gasteiger partial charge in [0.2, 0.25) is 0 Å². The Kier molecular flexibility index (Phi) is 3.64. The van der Waals surface area contributed by atoms with Crippen molar-refractivity contribution >= 4 is 11.7 Å². The summed E-state index contributed by atoms with van der Waals surface area (Å²) in [5.74, 6) is -0.293. The number of aromatic nitrogens is 1. The van der Waals surface area contributed by atoms with E-state index in [4.69, 9.17) is 5.73 Å². The maximum absolute atomic E-state index is 12.7. The summed E-state index contributed by atoms with van der Waals surface area (Å²) in [5.41, 5.74) is 6.74. The summed E-state index contributed by atoms with van der Waals surface area (Å²) in [6, 6.07) is 8.77. The number of hydrogen-bond acceptors (Lipinski definition) is 3. The second-order valence-corrected chi connectivity index (χ2v) is 3.71. The van der Waals surface area contributed by atoms with Crippen LogP contribution in [0.15, 0.2) is 42.6 Å². The highest BCUT2D eigenvalue weighted by Crippen LogP contribution is 2.09. The highest BCUT2D eigenvalue weighted by molar-refractivity contribution is 6.03. The molecule has 18 heavy (non-hydrogen) atoms. The maximum atomic E-state index is 12.7. The third-order valence-electron chi connectivity index (χ3n) is 2.41. The van der Waals surface area contributed by atoms with Crippen LogP contribution in [0, 0.1) is 5.82 Å². The van der Waals surface area contributed by atoms with Gasteiger partial charge in [-0.2, -0.15) is 0 Å². The van der Waals surface area contributed by atoms with Crippen molar-refractivity contribution in [1.29, 1.82) is 0 Å². The fourth-order valence-electron chi connectivity index (χ4n) is 1.46. The zero-order chi connectivity index (χ0) is 13.0. The molecule has 0 aliphatic rings. The summed E-state index contributed by atoms with van der Waals surface area (Å²) in [7, 11) is 0. The Morgan fingerprint density at radius 1 is 1.28 bits per heavy atom. The molecule has 2 aromatic rings. The number of rotatable bonds is 3. The monoisotopic (exact) mass is 245 g/mol. The van der Waals surface area contributed by atoms with Crippen LogP contribution >= 0.6 is 0 Å². The molecule has 0 saturated carbocycles. The van der Waals surface area contributed by atoms with E-state index in [1.807, 2.05) is 0 Å². The Labute approximate surface area is 104 Å². The summed E-state index contributed by atoms with van der Waals surface area (Å²) >= 11 is 0. The molecular weight excluding hydrogens is 233 g/mol. The average molecular weight is 245 g/mol. The van der Waals surface area contributed by atoms with Crippen molar-refractivity contribution < 1.29 is 9.18 Å². The minimum Gasteiger partial charge on any atom is -0.326 e. The van der Waals surface area contributed by atoms with E-state index >= 15 is 0 Å². The van der Waals surface area contributed by atoms with Crippen LogP contribution in [-0.4, -0.2) is 10.9 Å². The molecule has 0 atom stereocenters. The van der Waals surface area contributed by atoms with Crippen LogP contribution in [0.25, 0.3) is 0 Å². The Morgan fingerprint density at radius 2 is 2.00 bits per heavy atom. The number of carbonyl (C=O) groups excluding carboxylic acids is 1. The number of anilines is 1. The highest BCUT2D eigenvalue weighted by Gasteiger charge is 2.06. The van der Waals surface area contributed by atoms with Gasteiger partial charge in [0.15, 0.2) is 0 Å². The van der Waals surface area contributed by atoms with Crippen molar-refractivity contribution in [3.8, 4) is 0 Å². The van der Waals surface area contributed by atoms with Crippen LogP contribution in [-0.2, 0) is 6.54 Å². The van der Waals surface area contributed by atoms with Gasteiger partial charge in [-0.15, -0.1) is 0 Å². The largest absolute Gasteiger partial charge is 0.326 e. The number of amides is 1. The van der Waals surface area contributed by atoms with Gasteiger partial charge < -0.3 is 11.1 Å². The molecule has 0 bridgehead atoms. The topological polar surface area (TPSA) is 68.0 Å². The molecule has 0 aliphatic carbocycles. The zero-order valence-corrected chi connectivity index (χ0v) is 9.56. The normalized spacial score (nSPS) is 10.1. The van der Waals surface area contributed by atoms with Gasteiger partial charge in [-0.3, -0.25) is 4.79 Å². The third kappa shape index (κ3) is 2.89. The van der Waals surface area contributed by atoms with Crippen LogP contribution in [0.2, 0.25) is 0 Å². The lowest BCUT2D eigenvalue weighted by Crippen LogP contribution is -2.13. The summed E-state index contributed by atoms with van der Waals surface area (Å²) in [6.45, 7) is 0.377. The molecular formula is C13H12FN3O. The number of hydrogen-bond donors (Lipinski definition) is 2. The Bertz CT molecular complexity index is 554. The third-order valence-corrected chi connectivity index (χ3v) is 2.41. The molecule has 0 aliphatic heterocycles. The van der Waals surface area contributed by atoms with Gasteiger partial charge >= 0.3 is 0 Å². The van der Waals surface area contributed by atoms with E-state index in [0.29, 0.717) is 17.9 Å². The van der Waals surface area contributed by atoms with Gasteiger partial charge in [-0.25, -0.2) is 9.37 Å². The fourth-order valence-corrected chi connectivity index (χ4v) is 1.46. The summed E-state index contributed by atoms with van der Waals surface area (Å²) in [6.07, 6.45) is 1.57. The van der Waals surface area contributed by atoms with Gasteiger partial charge in [0.05, 0.1) is 0 Å². The summed E-state index contributed by atoms with van der Waals surface area (Å²) < 4.78 is 12.7. The Morgan fingerprint density at radius 3 is 2.67 bits per heavy atom. The smallest absolute Gasteiger partial charge is 0.256 e. The quantitative estimate of drug-likeness (QED) is 0.868. The van der Waals surface area contributed by atoms with Gasteiger partial charge in [0, 0.05) is 18.3 Å². The number of pyridine rings is 1. The predicted molar refractivity (Wildman–Crippen MR) is 66.5 cm³/mol. The lowest BCUT2D eigenvalue weighted by Gasteiger charge is -2.05. The molecule has 0 radical (unpaired) electrons. The van der Waals surface area contributed by atoms with Crippen molar-refractivity contribution in [1.82, 2.24) is 4.98 Å². The summed E-state index contributed by atoms with van der Waals surface area (Å²) in [4.78, 5) is 15.8. The van der Waals surface area contributed by atoms with E-state index < -0.39 is 0 Å². The van der Waals surface area contributed by atoms with Crippen LogP contribution in [0.1, 0.15) is 15.9 Å². The average Bonchev–Trinajstić information content (AvgIpc) is 2.39. The Hall–Kier alpha value is -2.27. The number of nitrogens with zero attached hydrogens (tertiary/aromatic N) is 1. The molecule has 1 aromatic carbocycles. The number of halogens is 1. The lowest BCUT2D eigenvalue weighted by molar-refractivity contribution is 0.102. The Balaban J connectivity index is 2.13. The molecule has 0 unspecified atom stereocenters. The number of benzene rings is 1. The molecule has 2 rings (SSSR count). The molecule has 4 nitrogen and oxygen atoms in total. The van der Waals surface area contributed by atoms with Gasteiger partial charge in [0.25, 0.3) is 5.91 Å². The van der Waals surface area contributed by atoms with Crippen LogP contribution in [0.4, 0.5) is 10.2 Å². The molecule has 3 N–H and O–H groups in total. The van der Waals surface area contributed by atoms with Crippen LogP contribution < -0.4 is 11.1 Å². The minimum absolute atomic E-state index is 0.336. The van der Waals surface area contributed by atoms with Gasteiger partial charge in [-0.1, -0.05) is 0 Å². The van der Waals surface area contributed by atoms with E-state index in [0.717, 1.165) is 5.56 Å². The zero-order valence-electron chi connectivity index (χ0n) is 9.56. The number of nitrogens with two attached hydrogens (primary N) is 1. The first-order chi connectivity index (χ1) is 8.69. The second kappa shape index (κ2) is 5.37. The SMILES string of the molecule is NCc1ccnc(NC(=O)c2ccc(F)cc2)c1. The second-order valence-electron chi connectivity index (χ2n) is 3.71. The lowest BCUT2D eigenvalue weighted by atomic mass is 10.2. The summed E-state index contributed by atoms with van der Waals surface area (Å²) in [5, 5.41) is 2.62. The molecule has 1 amide bonds. The molecule has 0 saturated heterocycles. The van der Waals surface area contributed by atoms with E-state index in [1.54, 1.807) is 18.3 Å². The van der Waals surface area contributed by atoms with Crippen molar-refractivity contribution in [3.63, 3.8) is 0 Å². The first kappa shape index (κ1) is 12.2. The molecule has 1 heterocycles. The number of nitrogens with one attached hydrogen (secondary N) is 1. The van der Waals surface area contributed by atoms with E-state index in [2.05, 4.69) is 10.3 Å². The van der Waals surface area contributed by atoms with Crippen molar-refractivity contribution in [2.75, 3.05) is 5.32 Å². The highest BCUT2D eigenvalue weighted by atomic mass is 19.1. The van der Waals surface area contributed by atoms with Crippen LogP contribution in [0.5, 0.6) is 0 Å². The molecule has 0 spiro atoms. The molecule has 1 aromatic heterocycles. The van der Waals surface area contributed by atoms with Gasteiger partial charge in [0.1, 0.15) is 11.6 Å². The van der Waals surface area contributed by atoms with E-state index in [-0.39, 0.29) is 11.7 Å². The van der Waals surface area contributed by atoms with Crippen molar-refractivity contribution in [3.05, 3.63) is 59.5 Å². The maximum Gasteiger partial charge on any atom is 0.256 e. The molecule has 92 valence electrons.